The largest absolute Gasteiger partial charge is 0.478 e. The van der Waals surface area contributed by atoms with Gasteiger partial charge in [0.15, 0.2) is 0 Å². The Labute approximate surface area is 139 Å². The van der Waals surface area contributed by atoms with Crippen LogP contribution in [0.4, 0.5) is 5.69 Å². The minimum absolute atomic E-state index is 0.0776. The van der Waals surface area contributed by atoms with Crippen LogP contribution in [0.15, 0.2) is 41.4 Å². The van der Waals surface area contributed by atoms with Gasteiger partial charge in [-0.25, -0.2) is 18.2 Å². The summed E-state index contributed by atoms with van der Waals surface area (Å²) in [4.78, 5) is 14.7. The Morgan fingerprint density at radius 3 is 2.62 bits per heavy atom. The summed E-state index contributed by atoms with van der Waals surface area (Å²) in [6.45, 7) is 0. The molecule has 0 unspecified atom stereocenters. The van der Waals surface area contributed by atoms with Gasteiger partial charge in [-0.05, 0) is 52.9 Å². The third-order valence-corrected chi connectivity index (χ3v) is 4.98. The van der Waals surface area contributed by atoms with E-state index >= 15 is 0 Å². The van der Waals surface area contributed by atoms with Crippen molar-refractivity contribution in [3.63, 3.8) is 0 Å². The second-order valence-electron chi connectivity index (χ2n) is 3.92. The molecule has 0 saturated carbocycles. The van der Waals surface area contributed by atoms with Crippen molar-refractivity contribution in [3.8, 4) is 0 Å². The second-order valence-corrected chi connectivity index (χ2v) is 7.15. The number of aromatic nitrogens is 1. The number of anilines is 1. The van der Waals surface area contributed by atoms with Crippen molar-refractivity contribution in [1.29, 1.82) is 0 Å². The Morgan fingerprint density at radius 2 is 2.00 bits per heavy atom. The molecule has 0 saturated heterocycles. The molecule has 6 nitrogen and oxygen atoms in total. The number of aromatic carboxylic acids is 1. The topological polar surface area (TPSA) is 96.4 Å². The van der Waals surface area contributed by atoms with E-state index in [2.05, 4.69) is 9.71 Å². The summed E-state index contributed by atoms with van der Waals surface area (Å²) < 4.78 is 27.2. The van der Waals surface area contributed by atoms with Gasteiger partial charge in [0.05, 0.1) is 16.1 Å². The molecule has 0 aliphatic carbocycles. The number of carboxylic acid groups (broad SMARTS) is 1. The zero-order chi connectivity index (χ0) is 15.6. The van der Waals surface area contributed by atoms with Crippen LogP contribution >= 0.6 is 34.2 Å². The predicted molar refractivity (Wildman–Crippen MR) is 86.2 cm³/mol. The highest BCUT2D eigenvalue weighted by atomic mass is 127. The molecule has 1 aromatic carbocycles. The summed E-state index contributed by atoms with van der Waals surface area (Å²) in [6, 6.07) is 6.66. The van der Waals surface area contributed by atoms with E-state index in [0.29, 0.717) is 3.57 Å². The Balaban J connectivity index is 2.40. The van der Waals surface area contributed by atoms with E-state index in [0.717, 1.165) is 6.07 Å². The molecule has 2 aromatic rings. The first-order chi connectivity index (χ1) is 9.79. The molecule has 0 amide bonds. The lowest BCUT2D eigenvalue weighted by atomic mass is 10.2. The Kier molecular flexibility index (Phi) is 4.69. The Bertz CT molecular complexity index is 811. The van der Waals surface area contributed by atoms with Crippen LogP contribution in [0.25, 0.3) is 0 Å². The average Bonchev–Trinajstić information content (AvgIpc) is 2.38. The Morgan fingerprint density at radius 1 is 1.29 bits per heavy atom. The molecule has 0 spiro atoms. The Hall–Kier alpha value is -1.39. The molecule has 2 rings (SSSR count). The highest BCUT2D eigenvalue weighted by Gasteiger charge is 2.18. The van der Waals surface area contributed by atoms with Gasteiger partial charge < -0.3 is 5.11 Å². The molecule has 1 aromatic heterocycles. The molecule has 110 valence electrons. The molecule has 0 radical (unpaired) electrons. The van der Waals surface area contributed by atoms with Crippen LogP contribution in [0.3, 0.4) is 0 Å². The smallest absolute Gasteiger partial charge is 0.336 e. The minimum atomic E-state index is -3.91. The van der Waals surface area contributed by atoms with Gasteiger partial charge in [0.2, 0.25) is 0 Å². The average molecular weight is 439 g/mol. The fourth-order valence-electron chi connectivity index (χ4n) is 1.52. The third-order valence-electron chi connectivity index (χ3n) is 2.46. The zero-order valence-electron chi connectivity index (χ0n) is 10.2. The minimum Gasteiger partial charge on any atom is -0.478 e. The molecule has 1 heterocycles. The van der Waals surface area contributed by atoms with Crippen LogP contribution in [0.2, 0.25) is 5.15 Å². The van der Waals surface area contributed by atoms with E-state index < -0.39 is 16.0 Å². The number of hydrogen-bond donors (Lipinski definition) is 2. The first kappa shape index (κ1) is 16.0. The van der Waals surface area contributed by atoms with Crippen LogP contribution in [0.1, 0.15) is 10.4 Å². The fourth-order valence-corrected chi connectivity index (χ4v) is 3.33. The number of pyridine rings is 1. The normalized spacial score (nSPS) is 11.1. The number of rotatable bonds is 4. The number of sulfonamides is 1. The second kappa shape index (κ2) is 6.16. The van der Waals surface area contributed by atoms with Crippen molar-refractivity contribution in [2.24, 2.45) is 0 Å². The number of nitrogens with zero attached hydrogens (tertiary/aromatic N) is 1. The lowest BCUT2D eigenvalue weighted by Gasteiger charge is -2.09. The lowest BCUT2D eigenvalue weighted by molar-refractivity contribution is 0.0695. The van der Waals surface area contributed by atoms with Crippen LogP contribution < -0.4 is 4.72 Å². The molecule has 2 N–H and O–H groups in total. The van der Waals surface area contributed by atoms with E-state index in [1.807, 2.05) is 22.6 Å². The van der Waals surface area contributed by atoms with E-state index in [1.54, 1.807) is 0 Å². The van der Waals surface area contributed by atoms with E-state index in [4.69, 9.17) is 16.7 Å². The summed E-state index contributed by atoms with van der Waals surface area (Å²) >= 11 is 7.51. The molecular formula is C12H8ClIN2O4S. The van der Waals surface area contributed by atoms with Gasteiger partial charge in [-0.15, -0.1) is 0 Å². The van der Waals surface area contributed by atoms with Gasteiger partial charge in [0.25, 0.3) is 10.0 Å². The quantitative estimate of drug-likeness (QED) is 0.565. The molecule has 21 heavy (non-hydrogen) atoms. The first-order valence-corrected chi connectivity index (χ1v) is 8.41. The number of halogens is 2. The van der Waals surface area contributed by atoms with Crippen molar-refractivity contribution in [2.75, 3.05) is 4.72 Å². The van der Waals surface area contributed by atoms with Crippen molar-refractivity contribution in [3.05, 3.63) is 50.8 Å². The van der Waals surface area contributed by atoms with Crippen molar-refractivity contribution >= 4 is 55.9 Å². The number of nitrogens with one attached hydrogen (secondary N) is 1. The molecule has 0 aliphatic heterocycles. The van der Waals surface area contributed by atoms with Crippen molar-refractivity contribution in [2.45, 2.75) is 4.90 Å². The third kappa shape index (κ3) is 3.83. The van der Waals surface area contributed by atoms with Gasteiger partial charge in [-0.1, -0.05) is 11.6 Å². The highest BCUT2D eigenvalue weighted by Crippen LogP contribution is 2.21. The van der Waals surface area contributed by atoms with Crippen molar-refractivity contribution in [1.82, 2.24) is 4.98 Å². The van der Waals surface area contributed by atoms with Crippen molar-refractivity contribution < 1.29 is 18.3 Å². The van der Waals surface area contributed by atoms with Crippen LogP contribution in [-0.4, -0.2) is 24.5 Å². The summed E-state index contributed by atoms with van der Waals surface area (Å²) in [5.41, 5.74) is 0.164. The number of benzene rings is 1. The lowest BCUT2D eigenvalue weighted by Crippen LogP contribution is -2.14. The number of hydrogen-bond acceptors (Lipinski definition) is 4. The van der Waals surface area contributed by atoms with Gasteiger partial charge in [0, 0.05) is 9.77 Å². The monoisotopic (exact) mass is 438 g/mol. The summed E-state index contributed by atoms with van der Waals surface area (Å²) in [5.74, 6) is -1.19. The van der Waals surface area contributed by atoms with Crippen LogP contribution in [-0.2, 0) is 10.0 Å². The maximum atomic E-state index is 12.2. The van der Waals surface area contributed by atoms with Gasteiger partial charge in [-0.2, -0.15) is 0 Å². The van der Waals surface area contributed by atoms with Gasteiger partial charge in [-0.3, -0.25) is 4.72 Å². The molecule has 0 atom stereocenters. The van der Waals surface area contributed by atoms with Gasteiger partial charge in [0.1, 0.15) is 5.15 Å². The number of carbonyl (C=O) groups is 1. The predicted octanol–water partition coefficient (Wildman–Crippen LogP) is 2.84. The molecule has 9 heteroatoms. The summed E-state index contributed by atoms with van der Waals surface area (Å²) in [6.07, 6.45) is 1.36. The first-order valence-electron chi connectivity index (χ1n) is 5.47. The fraction of sp³-hybridized carbons (Fsp3) is 0. The van der Waals surface area contributed by atoms with E-state index in [9.17, 15) is 13.2 Å². The molecular weight excluding hydrogens is 431 g/mol. The maximum Gasteiger partial charge on any atom is 0.336 e. The molecule has 0 bridgehead atoms. The maximum absolute atomic E-state index is 12.2. The molecule has 0 aliphatic rings. The van der Waals surface area contributed by atoms with E-state index in [1.165, 1.54) is 30.5 Å². The highest BCUT2D eigenvalue weighted by molar-refractivity contribution is 14.1. The van der Waals surface area contributed by atoms with Crippen LogP contribution in [0.5, 0.6) is 0 Å². The number of carboxylic acids is 1. The molecule has 0 fully saturated rings. The summed E-state index contributed by atoms with van der Waals surface area (Å²) in [7, 11) is -3.91. The SMILES string of the molecule is O=C(O)c1cc(S(=O)(=O)Nc2ccnc(Cl)c2)ccc1I. The van der Waals surface area contributed by atoms with Gasteiger partial charge >= 0.3 is 5.97 Å². The standard InChI is InChI=1S/C12H8ClIN2O4S/c13-11-5-7(3-4-15-11)16-21(19,20)8-1-2-10(14)9(6-8)12(17)18/h1-6H,(H,15,16)(H,17,18). The van der Waals surface area contributed by atoms with Crippen LogP contribution in [0, 0.1) is 3.57 Å². The zero-order valence-corrected chi connectivity index (χ0v) is 14.0. The summed E-state index contributed by atoms with van der Waals surface area (Å²) in [5, 5.41) is 9.18. The van der Waals surface area contributed by atoms with E-state index in [-0.39, 0.29) is 21.3 Å².